The zero-order chi connectivity index (χ0) is 18.5. The second-order valence-corrected chi connectivity index (χ2v) is 7.25. The van der Waals surface area contributed by atoms with Crippen LogP contribution in [0, 0.1) is 6.92 Å². The van der Waals surface area contributed by atoms with Gasteiger partial charge in [-0.1, -0.05) is 35.9 Å². The maximum absolute atomic E-state index is 12.4. The van der Waals surface area contributed by atoms with Crippen LogP contribution in [0.3, 0.4) is 0 Å². The molecule has 1 unspecified atom stereocenters. The summed E-state index contributed by atoms with van der Waals surface area (Å²) in [5, 5.41) is 0. The van der Waals surface area contributed by atoms with Crippen LogP contribution >= 0.6 is 0 Å². The molecule has 2 aromatic carbocycles. The van der Waals surface area contributed by atoms with Gasteiger partial charge in [-0.15, -0.1) is 8.88 Å². The molecule has 0 fully saturated rings. The summed E-state index contributed by atoms with van der Waals surface area (Å²) in [4.78, 5) is 12.5. The van der Waals surface area contributed by atoms with Gasteiger partial charge in [0.05, 0.1) is 18.6 Å². The lowest BCUT2D eigenvalue weighted by Gasteiger charge is -2.24. The second-order valence-electron chi connectivity index (χ2n) is 5.62. The molecular weight excluding hydrogens is 340 g/mol. The van der Waals surface area contributed by atoms with Crippen LogP contribution in [0.15, 0.2) is 63.9 Å². The van der Waals surface area contributed by atoms with E-state index in [1.165, 1.54) is 19.2 Å². The van der Waals surface area contributed by atoms with Gasteiger partial charge >= 0.3 is 6.09 Å². The monoisotopic (exact) mass is 361 g/mol. The molecule has 132 valence electrons. The van der Waals surface area contributed by atoms with E-state index in [0.29, 0.717) is 5.69 Å². The van der Waals surface area contributed by atoms with Crippen molar-refractivity contribution < 1.29 is 17.9 Å². The van der Waals surface area contributed by atoms with Gasteiger partial charge in [-0.05, 0) is 26.0 Å². The zero-order valence-corrected chi connectivity index (χ0v) is 15.2. The Bertz CT molecular complexity index is 862. The first-order chi connectivity index (χ1) is 11.8. The summed E-state index contributed by atoms with van der Waals surface area (Å²) in [5.74, 6) is 0. The number of sulfonamides is 1. The van der Waals surface area contributed by atoms with Crippen LogP contribution in [-0.4, -0.2) is 34.5 Å². The fourth-order valence-electron chi connectivity index (χ4n) is 2.14. The third-order valence-corrected chi connectivity index (χ3v) is 4.92. The minimum atomic E-state index is -3.92. The van der Waals surface area contributed by atoms with Crippen molar-refractivity contribution in [3.63, 3.8) is 0 Å². The molecule has 7 heteroatoms. The number of quaternary nitrogens is 1. The average Bonchev–Trinajstić information content (AvgIpc) is 2.61. The molecule has 0 aliphatic rings. The van der Waals surface area contributed by atoms with Crippen molar-refractivity contribution in [1.82, 2.24) is 4.48 Å². The van der Waals surface area contributed by atoms with Crippen LogP contribution in [0.4, 0.5) is 10.5 Å². The van der Waals surface area contributed by atoms with Crippen LogP contribution in [0.5, 0.6) is 0 Å². The first-order valence-electron chi connectivity index (χ1n) is 7.77. The van der Waals surface area contributed by atoms with Gasteiger partial charge in [0.2, 0.25) is 6.34 Å². The summed E-state index contributed by atoms with van der Waals surface area (Å²) < 4.78 is 33.2. The van der Waals surface area contributed by atoms with E-state index in [1.807, 2.05) is 6.92 Å². The normalized spacial score (nSPS) is 14.2. The van der Waals surface area contributed by atoms with Crippen LogP contribution in [0.2, 0.25) is 0 Å². The molecule has 0 spiro atoms. The predicted octanol–water partition coefficient (Wildman–Crippen LogP) is 3.51. The number of benzene rings is 2. The number of rotatable bonds is 5. The van der Waals surface area contributed by atoms with Gasteiger partial charge in [0.15, 0.2) is 0 Å². The van der Waals surface area contributed by atoms with Gasteiger partial charge in [0, 0.05) is 12.1 Å². The fourth-order valence-corrected chi connectivity index (χ4v) is 3.06. The number of nitrogens with zero attached hydrogens (tertiary/aromatic N) is 2. The summed E-state index contributed by atoms with van der Waals surface area (Å²) in [6.45, 7) is 3.73. The van der Waals surface area contributed by atoms with E-state index in [1.54, 1.807) is 49.4 Å². The molecule has 2 rings (SSSR count). The summed E-state index contributed by atoms with van der Waals surface area (Å²) in [6.07, 6.45) is 0.472. The number of carbonyl (C=O) groups excluding carboxylic acids is 1. The molecule has 1 atom stereocenters. The summed E-state index contributed by atoms with van der Waals surface area (Å²) in [6, 6.07) is 15.1. The quantitative estimate of drug-likeness (QED) is 0.464. The van der Waals surface area contributed by atoms with Crippen molar-refractivity contribution in [2.45, 2.75) is 18.7 Å². The minimum absolute atomic E-state index is 0.0674. The van der Waals surface area contributed by atoms with Crippen LogP contribution in [0.1, 0.15) is 12.5 Å². The fraction of sp³-hybridized carbons (Fsp3) is 0.222. The molecule has 0 aliphatic carbocycles. The van der Waals surface area contributed by atoms with Gasteiger partial charge < -0.3 is 4.74 Å². The molecular formula is C18H21N2O4S+. The number of hydrogen-bond acceptors (Lipinski definition) is 4. The second kappa shape index (κ2) is 7.58. The van der Waals surface area contributed by atoms with Crippen molar-refractivity contribution in [3.8, 4) is 0 Å². The highest BCUT2D eigenvalue weighted by Gasteiger charge is 2.36. The highest BCUT2D eigenvalue weighted by atomic mass is 32.2. The Morgan fingerprint density at radius 1 is 1.12 bits per heavy atom. The maximum Gasteiger partial charge on any atom is 0.527 e. The lowest BCUT2D eigenvalue weighted by Crippen LogP contribution is -2.50. The van der Waals surface area contributed by atoms with Gasteiger partial charge in [-0.2, -0.15) is 13.2 Å². The van der Waals surface area contributed by atoms with Crippen molar-refractivity contribution >= 4 is 28.1 Å². The average molecular weight is 361 g/mol. The minimum Gasteiger partial charge on any atom is -0.420 e. The molecule has 1 amide bonds. The number of aryl methyl sites for hydroxylation is 1. The SMILES string of the molecule is CCOC(=O)[N+](C)(/C=N/S(=O)(=O)c1ccc(C)cc1)c1ccccc1. The third-order valence-electron chi connectivity index (χ3n) is 3.68. The molecule has 0 saturated carbocycles. The van der Waals surface area contributed by atoms with Gasteiger partial charge in [-0.25, -0.2) is 0 Å². The lowest BCUT2D eigenvalue weighted by atomic mass is 10.2. The van der Waals surface area contributed by atoms with E-state index in [0.717, 1.165) is 11.9 Å². The van der Waals surface area contributed by atoms with Gasteiger partial charge in [0.1, 0.15) is 5.69 Å². The largest absolute Gasteiger partial charge is 0.527 e. The Balaban J connectivity index is 2.44. The molecule has 2 aromatic rings. The molecule has 0 N–H and O–H groups in total. The standard InChI is InChI=1S/C18H21N2O4S/c1-4-24-18(21)20(3,16-8-6-5-7-9-16)14-19-25(22,23)17-12-10-15(2)11-13-17/h5-14H,4H2,1-3H3/q+1/b19-14+. The first kappa shape index (κ1) is 18.8. The topological polar surface area (TPSA) is 72.8 Å². The Hall–Kier alpha value is -2.51. The smallest absolute Gasteiger partial charge is 0.420 e. The predicted molar refractivity (Wildman–Crippen MR) is 98.0 cm³/mol. The maximum atomic E-state index is 12.4. The van der Waals surface area contributed by atoms with Crippen molar-refractivity contribution in [1.29, 1.82) is 0 Å². The van der Waals surface area contributed by atoms with Crippen molar-refractivity contribution in [3.05, 3.63) is 60.2 Å². The number of carbonyl (C=O) groups is 1. The number of ether oxygens (including phenoxy) is 1. The van der Waals surface area contributed by atoms with E-state index in [9.17, 15) is 13.2 Å². The molecule has 0 aromatic heterocycles. The summed E-state index contributed by atoms with van der Waals surface area (Å²) in [5.41, 5.74) is 1.49. The highest BCUT2D eigenvalue weighted by Crippen LogP contribution is 2.21. The number of hydrogen-bond donors (Lipinski definition) is 0. The van der Waals surface area contributed by atoms with Crippen molar-refractivity contribution in [2.24, 2.45) is 4.40 Å². The third kappa shape index (κ3) is 4.32. The Morgan fingerprint density at radius 3 is 2.28 bits per heavy atom. The van der Waals surface area contributed by atoms with Gasteiger partial charge in [-0.3, -0.25) is 0 Å². The highest BCUT2D eigenvalue weighted by molar-refractivity contribution is 7.90. The number of para-hydroxylation sites is 1. The van der Waals surface area contributed by atoms with E-state index >= 15 is 0 Å². The van der Waals surface area contributed by atoms with E-state index in [4.69, 9.17) is 4.74 Å². The lowest BCUT2D eigenvalue weighted by molar-refractivity contribution is 0.135. The molecule has 6 nitrogen and oxygen atoms in total. The van der Waals surface area contributed by atoms with Gasteiger partial charge in [0.25, 0.3) is 10.0 Å². The molecule has 0 saturated heterocycles. The van der Waals surface area contributed by atoms with E-state index in [2.05, 4.69) is 4.40 Å². The summed E-state index contributed by atoms with van der Waals surface area (Å²) in [7, 11) is -2.39. The van der Waals surface area contributed by atoms with E-state index < -0.39 is 20.6 Å². The zero-order valence-electron chi connectivity index (χ0n) is 14.4. The van der Waals surface area contributed by atoms with Crippen LogP contribution < -0.4 is 4.48 Å². The molecule has 0 aliphatic heterocycles. The molecule has 25 heavy (non-hydrogen) atoms. The molecule has 0 bridgehead atoms. The van der Waals surface area contributed by atoms with Crippen LogP contribution in [-0.2, 0) is 14.8 Å². The number of amides is 1. The molecule has 0 radical (unpaired) electrons. The first-order valence-corrected chi connectivity index (χ1v) is 9.21. The summed E-state index contributed by atoms with van der Waals surface area (Å²) >= 11 is 0. The molecule has 0 heterocycles. The Kier molecular flexibility index (Phi) is 5.71. The van der Waals surface area contributed by atoms with E-state index in [-0.39, 0.29) is 11.5 Å². The van der Waals surface area contributed by atoms with Crippen LogP contribution in [0.25, 0.3) is 0 Å². The Labute approximate surface area is 148 Å². The van der Waals surface area contributed by atoms with Crippen molar-refractivity contribution in [2.75, 3.05) is 13.7 Å². The Morgan fingerprint density at radius 2 is 1.72 bits per heavy atom.